The van der Waals surface area contributed by atoms with E-state index in [1.807, 2.05) is 27.7 Å². The van der Waals surface area contributed by atoms with Gasteiger partial charge in [0.25, 0.3) is 0 Å². The normalized spacial score (nSPS) is 13.0. The molecule has 0 unspecified atom stereocenters. The molecule has 4 nitrogen and oxygen atoms in total. The minimum absolute atomic E-state index is 0.0874. The Kier molecular flexibility index (Phi) is 17.7. The molecule has 0 fully saturated rings. The van der Waals surface area contributed by atoms with Crippen LogP contribution in [0.4, 0.5) is 0 Å². The van der Waals surface area contributed by atoms with Gasteiger partial charge >= 0.3 is 7.60 Å². The molecule has 0 heterocycles. The molecule has 0 radical (unpaired) electrons. The lowest BCUT2D eigenvalue weighted by molar-refractivity contribution is -0.880. The second-order valence-corrected chi connectivity index (χ2v) is 12.2. The van der Waals surface area contributed by atoms with Crippen LogP contribution >= 0.6 is 7.60 Å². The van der Waals surface area contributed by atoms with Gasteiger partial charge in [0.2, 0.25) is 0 Å². The molecule has 30 heavy (non-hydrogen) atoms. The van der Waals surface area contributed by atoms with Crippen LogP contribution in [0.1, 0.15) is 125 Å². The summed E-state index contributed by atoms with van der Waals surface area (Å²) in [6.07, 6.45) is 19.5. The van der Waals surface area contributed by atoms with Gasteiger partial charge in [-0.25, -0.2) is 0 Å². The third-order valence-electron chi connectivity index (χ3n) is 5.42. The van der Waals surface area contributed by atoms with Crippen LogP contribution in [0.2, 0.25) is 0 Å². The lowest BCUT2D eigenvalue weighted by Gasteiger charge is -2.34. The molecule has 0 bridgehead atoms. The van der Waals surface area contributed by atoms with Crippen LogP contribution in [0, 0.1) is 0 Å². The van der Waals surface area contributed by atoms with Crippen LogP contribution < -0.4 is 0 Å². The SMILES string of the molecule is CCCCCCCCCCCCCCCC[N+](C)(C)CP(=O)(OC(C)C)OC(C)C. The summed E-state index contributed by atoms with van der Waals surface area (Å²) in [7, 11) is 1.21. The lowest BCUT2D eigenvalue weighted by Crippen LogP contribution is -2.42. The Morgan fingerprint density at radius 1 is 0.633 bits per heavy atom. The van der Waals surface area contributed by atoms with E-state index >= 15 is 0 Å². The van der Waals surface area contributed by atoms with Gasteiger partial charge in [-0.1, -0.05) is 84.0 Å². The summed E-state index contributed by atoms with van der Waals surface area (Å²) >= 11 is 0. The molecule has 0 amide bonds. The zero-order chi connectivity index (χ0) is 22.9. The molecule has 0 aromatic carbocycles. The van der Waals surface area contributed by atoms with Crippen molar-refractivity contribution in [3.63, 3.8) is 0 Å². The molecular weight excluding hydrogens is 393 g/mol. The Hall–Kier alpha value is 0.110. The van der Waals surface area contributed by atoms with Gasteiger partial charge in [0.1, 0.15) is 0 Å². The van der Waals surface area contributed by atoms with Crippen LogP contribution in [-0.2, 0) is 13.6 Å². The molecule has 5 heteroatoms. The minimum atomic E-state index is -3.07. The maximum absolute atomic E-state index is 13.1. The quantitative estimate of drug-likeness (QED) is 0.100. The van der Waals surface area contributed by atoms with Crippen molar-refractivity contribution in [3.8, 4) is 0 Å². The summed E-state index contributed by atoms with van der Waals surface area (Å²) < 4.78 is 25.3. The molecule has 0 saturated carbocycles. The molecule has 0 aliphatic rings. The van der Waals surface area contributed by atoms with Gasteiger partial charge < -0.3 is 13.5 Å². The van der Waals surface area contributed by atoms with E-state index in [0.717, 1.165) is 6.54 Å². The number of unbranched alkanes of at least 4 members (excludes halogenated alkanes) is 13. The van der Waals surface area contributed by atoms with Gasteiger partial charge in [0, 0.05) is 0 Å². The Balaban J connectivity index is 3.81. The largest absolute Gasteiger partial charge is 0.385 e. The van der Waals surface area contributed by atoms with Crippen molar-refractivity contribution < 1.29 is 18.1 Å². The Morgan fingerprint density at radius 2 is 0.967 bits per heavy atom. The number of hydrogen-bond donors (Lipinski definition) is 0. The van der Waals surface area contributed by atoms with E-state index in [2.05, 4.69) is 21.0 Å². The number of nitrogens with zero attached hydrogens (tertiary/aromatic N) is 1. The van der Waals surface area contributed by atoms with E-state index in [-0.39, 0.29) is 12.2 Å². The molecule has 182 valence electrons. The average Bonchev–Trinajstić information content (AvgIpc) is 2.59. The molecular formula is C25H55NO3P+. The first kappa shape index (κ1) is 30.1. The van der Waals surface area contributed by atoms with Crippen molar-refractivity contribution in [2.75, 3.05) is 26.9 Å². The van der Waals surface area contributed by atoms with Gasteiger partial charge in [0.15, 0.2) is 6.29 Å². The smallest absolute Gasteiger partial charge is 0.318 e. The molecule has 0 N–H and O–H groups in total. The second kappa shape index (κ2) is 17.6. The fraction of sp³-hybridized carbons (Fsp3) is 1.00. The van der Waals surface area contributed by atoms with Crippen LogP contribution in [0.3, 0.4) is 0 Å². The zero-order valence-corrected chi connectivity index (χ0v) is 22.5. The van der Waals surface area contributed by atoms with E-state index in [9.17, 15) is 4.57 Å². The lowest BCUT2D eigenvalue weighted by atomic mass is 10.0. The fourth-order valence-corrected chi connectivity index (χ4v) is 6.55. The predicted molar refractivity (Wildman–Crippen MR) is 132 cm³/mol. The number of hydrogen-bond acceptors (Lipinski definition) is 3. The highest BCUT2D eigenvalue weighted by molar-refractivity contribution is 7.53. The molecule has 0 atom stereocenters. The van der Waals surface area contributed by atoms with Gasteiger partial charge in [-0.15, -0.1) is 0 Å². The summed E-state index contributed by atoms with van der Waals surface area (Å²) in [6, 6.07) is 0. The van der Waals surface area contributed by atoms with E-state index in [4.69, 9.17) is 9.05 Å². The first-order chi connectivity index (χ1) is 14.1. The Morgan fingerprint density at radius 3 is 1.30 bits per heavy atom. The summed E-state index contributed by atoms with van der Waals surface area (Å²) in [6.45, 7) is 11.0. The summed E-state index contributed by atoms with van der Waals surface area (Å²) in [5.41, 5.74) is 0. The van der Waals surface area contributed by atoms with Crippen molar-refractivity contribution in [1.29, 1.82) is 0 Å². The molecule has 0 aliphatic carbocycles. The summed E-state index contributed by atoms with van der Waals surface area (Å²) in [5.74, 6) is 0. The Bertz CT molecular complexity index is 424. The molecule has 0 aliphatic heterocycles. The number of quaternary nitrogens is 1. The highest BCUT2D eigenvalue weighted by atomic mass is 31.2. The average molecular weight is 449 g/mol. The van der Waals surface area contributed by atoms with E-state index in [1.165, 1.54) is 89.9 Å². The first-order valence-corrected chi connectivity index (χ1v) is 14.6. The molecule has 0 aromatic rings. The molecule has 0 rings (SSSR count). The van der Waals surface area contributed by atoms with Crippen molar-refractivity contribution in [2.45, 2.75) is 137 Å². The second-order valence-electron chi connectivity index (χ2n) is 10.3. The summed E-state index contributed by atoms with van der Waals surface area (Å²) in [5, 5.41) is 0. The maximum Gasteiger partial charge on any atom is 0.385 e. The molecule has 0 saturated heterocycles. The number of rotatable bonds is 21. The van der Waals surface area contributed by atoms with Gasteiger partial charge in [-0.2, -0.15) is 0 Å². The van der Waals surface area contributed by atoms with Crippen molar-refractivity contribution >= 4 is 7.60 Å². The highest BCUT2D eigenvalue weighted by Gasteiger charge is 2.36. The zero-order valence-electron chi connectivity index (χ0n) is 21.6. The van der Waals surface area contributed by atoms with Gasteiger partial charge in [-0.3, -0.25) is 4.57 Å². The van der Waals surface area contributed by atoms with E-state index in [1.54, 1.807) is 0 Å². The maximum atomic E-state index is 13.1. The molecule has 0 spiro atoms. The standard InChI is InChI=1S/C25H55NO3P/c1-8-9-10-11-12-13-14-15-16-17-18-19-20-21-22-26(6,7)23-30(27,28-24(2)3)29-25(4)5/h24-25H,8-23H2,1-7H3/q+1. The van der Waals surface area contributed by atoms with E-state index < -0.39 is 7.60 Å². The monoisotopic (exact) mass is 448 g/mol. The fourth-order valence-electron chi connectivity index (χ4n) is 4.01. The third kappa shape index (κ3) is 18.8. The van der Waals surface area contributed by atoms with Crippen LogP contribution in [0.5, 0.6) is 0 Å². The first-order valence-electron chi connectivity index (χ1n) is 12.9. The van der Waals surface area contributed by atoms with Gasteiger partial charge in [0.05, 0.1) is 32.8 Å². The van der Waals surface area contributed by atoms with Crippen LogP contribution in [0.15, 0.2) is 0 Å². The van der Waals surface area contributed by atoms with Crippen LogP contribution in [0.25, 0.3) is 0 Å². The van der Waals surface area contributed by atoms with Crippen LogP contribution in [-0.4, -0.2) is 43.6 Å². The highest BCUT2D eigenvalue weighted by Crippen LogP contribution is 2.51. The summed E-state index contributed by atoms with van der Waals surface area (Å²) in [4.78, 5) is 0. The van der Waals surface area contributed by atoms with Crippen molar-refractivity contribution in [3.05, 3.63) is 0 Å². The topological polar surface area (TPSA) is 35.5 Å². The predicted octanol–water partition coefficient (Wildman–Crippen LogP) is 8.54. The van der Waals surface area contributed by atoms with Gasteiger partial charge in [-0.05, 0) is 40.5 Å². The minimum Gasteiger partial charge on any atom is -0.318 e. The van der Waals surface area contributed by atoms with Crippen molar-refractivity contribution in [2.24, 2.45) is 0 Å². The third-order valence-corrected chi connectivity index (χ3v) is 8.01. The molecule has 0 aromatic heterocycles. The van der Waals surface area contributed by atoms with Crippen molar-refractivity contribution in [1.82, 2.24) is 0 Å². The Labute approximate surface area is 189 Å². The van der Waals surface area contributed by atoms with E-state index in [0.29, 0.717) is 10.8 Å².